The summed E-state index contributed by atoms with van der Waals surface area (Å²) in [5, 5.41) is 8.59. The van der Waals surface area contributed by atoms with Crippen LogP contribution in [0.15, 0.2) is 18.7 Å². The van der Waals surface area contributed by atoms with Gasteiger partial charge >= 0.3 is 5.97 Å². The van der Waals surface area contributed by atoms with Gasteiger partial charge in [-0.1, -0.05) is 19.8 Å². The van der Waals surface area contributed by atoms with Gasteiger partial charge in [-0.05, 0) is 12.8 Å². The van der Waals surface area contributed by atoms with Gasteiger partial charge in [-0.15, -0.1) is 0 Å². The van der Waals surface area contributed by atoms with Gasteiger partial charge < -0.3 is 5.11 Å². The maximum atomic E-state index is 10.4. The molecule has 0 atom stereocenters. The molecule has 0 unspecified atom stereocenters. The van der Waals surface area contributed by atoms with Crippen LogP contribution in [0.25, 0.3) is 0 Å². The molecule has 0 fully saturated rings. The van der Waals surface area contributed by atoms with E-state index in [1.54, 1.807) is 10.8 Å². The van der Waals surface area contributed by atoms with Crippen molar-refractivity contribution in [2.24, 2.45) is 0 Å². The van der Waals surface area contributed by atoms with Gasteiger partial charge in [-0.3, -0.25) is 0 Å². The lowest BCUT2D eigenvalue weighted by atomic mass is 10.2. The van der Waals surface area contributed by atoms with Crippen LogP contribution >= 0.6 is 0 Å². The lowest BCUT2D eigenvalue weighted by Crippen LogP contribution is -2.35. The molecular formula is C11H19N2O2+. The van der Waals surface area contributed by atoms with Crippen molar-refractivity contribution in [3.63, 3.8) is 0 Å². The minimum absolute atomic E-state index is 0.0436. The van der Waals surface area contributed by atoms with Gasteiger partial charge in [-0.25, -0.2) is 13.9 Å². The Labute approximate surface area is 90.2 Å². The van der Waals surface area contributed by atoms with Gasteiger partial charge in [0.1, 0.15) is 12.4 Å². The quantitative estimate of drug-likeness (QED) is 0.548. The number of aliphatic carboxylic acids is 1. The molecule has 0 aliphatic rings. The molecule has 1 aromatic rings. The predicted octanol–water partition coefficient (Wildman–Crippen LogP) is 1.44. The van der Waals surface area contributed by atoms with Crippen LogP contribution in [0.4, 0.5) is 0 Å². The highest BCUT2D eigenvalue weighted by molar-refractivity contribution is 5.64. The number of hydrogen-bond acceptors (Lipinski definition) is 1. The Balaban J connectivity index is 2.29. The first kappa shape index (κ1) is 11.8. The number of aryl methyl sites for hydroxylation is 1. The van der Waals surface area contributed by atoms with E-state index in [0.29, 0.717) is 0 Å². The first-order valence-electron chi connectivity index (χ1n) is 5.49. The van der Waals surface area contributed by atoms with Crippen molar-refractivity contribution in [3.8, 4) is 0 Å². The zero-order valence-corrected chi connectivity index (χ0v) is 9.22. The average molecular weight is 211 g/mol. The molecule has 0 aliphatic carbocycles. The van der Waals surface area contributed by atoms with Crippen LogP contribution in [0.2, 0.25) is 0 Å². The van der Waals surface area contributed by atoms with E-state index in [1.807, 2.05) is 17.1 Å². The summed E-state index contributed by atoms with van der Waals surface area (Å²) in [6, 6.07) is 0. The topological polar surface area (TPSA) is 46.1 Å². The minimum Gasteiger partial charge on any atom is -0.478 e. The molecule has 1 aromatic heterocycles. The molecule has 0 aliphatic heterocycles. The third-order valence-corrected chi connectivity index (χ3v) is 2.33. The second-order valence-corrected chi connectivity index (χ2v) is 3.78. The van der Waals surface area contributed by atoms with E-state index >= 15 is 0 Å². The number of unbranched alkanes of at least 4 members (excludes halogenated alkanes) is 3. The first-order valence-corrected chi connectivity index (χ1v) is 5.49. The minimum atomic E-state index is -0.802. The fourth-order valence-electron chi connectivity index (χ4n) is 1.54. The molecule has 0 saturated heterocycles. The van der Waals surface area contributed by atoms with Crippen LogP contribution in [-0.4, -0.2) is 15.6 Å². The van der Waals surface area contributed by atoms with Crippen LogP contribution in [0.3, 0.4) is 0 Å². The van der Waals surface area contributed by atoms with Gasteiger partial charge in [0.05, 0.1) is 6.54 Å². The Morgan fingerprint density at radius 1 is 1.40 bits per heavy atom. The normalized spacial score (nSPS) is 10.5. The van der Waals surface area contributed by atoms with Crippen molar-refractivity contribution < 1.29 is 14.5 Å². The smallest absolute Gasteiger partial charge is 0.346 e. The van der Waals surface area contributed by atoms with Crippen molar-refractivity contribution >= 4 is 5.97 Å². The van der Waals surface area contributed by atoms with E-state index in [1.165, 1.54) is 19.3 Å². The Hall–Kier alpha value is -1.32. The van der Waals surface area contributed by atoms with E-state index in [0.717, 1.165) is 13.0 Å². The molecule has 0 radical (unpaired) electrons. The van der Waals surface area contributed by atoms with Crippen LogP contribution < -0.4 is 4.57 Å². The first-order chi connectivity index (χ1) is 7.22. The van der Waals surface area contributed by atoms with E-state index in [2.05, 4.69) is 6.92 Å². The Morgan fingerprint density at radius 3 is 2.87 bits per heavy atom. The SMILES string of the molecule is CCCCCCn1cc[n+](CC(=O)O)c1. The summed E-state index contributed by atoms with van der Waals surface area (Å²) in [6.07, 6.45) is 10.5. The largest absolute Gasteiger partial charge is 0.478 e. The van der Waals surface area contributed by atoms with Gasteiger partial charge in [0, 0.05) is 0 Å². The maximum Gasteiger partial charge on any atom is 0.346 e. The van der Waals surface area contributed by atoms with Crippen LogP contribution in [0.1, 0.15) is 32.6 Å². The standard InChI is InChI=1S/C11H18N2O2/c1-2-3-4-5-6-12-7-8-13(10-12)9-11(14)15/h7-8,10H,2-6,9H2,1H3/p+1. The predicted molar refractivity (Wildman–Crippen MR) is 56.4 cm³/mol. The van der Waals surface area contributed by atoms with Gasteiger partial charge in [0.2, 0.25) is 6.33 Å². The zero-order valence-electron chi connectivity index (χ0n) is 9.22. The number of rotatable bonds is 7. The van der Waals surface area contributed by atoms with Crippen molar-refractivity contribution in [2.45, 2.75) is 45.7 Å². The number of carboxylic acid groups (broad SMARTS) is 1. The third-order valence-electron chi connectivity index (χ3n) is 2.33. The van der Waals surface area contributed by atoms with Crippen LogP contribution in [0, 0.1) is 0 Å². The molecule has 0 spiro atoms. The van der Waals surface area contributed by atoms with Crippen molar-refractivity contribution in [2.75, 3.05) is 0 Å². The van der Waals surface area contributed by atoms with E-state index in [9.17, 15) is 4.79 Å². The average Bonchev–Trinajstić information content (AvgIpc) is 2.59. The molecule has 0 amide bonds. The summed E-state index contributed by atoms with van der Waals surface area (Å²) in [5.41, 5.74) is 0. The van der Waals surface area contributed by atoms with Crippen molar-refractivity contribution in [3.05, 3.63) is 18.7 Å². The fraction of sp³-hybridized carbons (Fsp3) is 0.636. The molecule has 15 heavy (non-hydrogen) atoms. The third kappa shape index (κ3) is 4.63. The summed E-state index contributed by atoms with van der Waals surface area (Å²) < 4.78 is 3.72. The molecule has 0 aromatic carbocycles. The molecular weight excluding hydrogens is 192 g/mol. The molecule has 1 N–H and O–H groups in total. The zero-order chi connectivity index (χ0) is 11.1. The molecule has 0 bridgehead atoms. The molecule has 84 valence electrons. The number of aromatic nitrogens is 2. The number of carbonyl (C=O) groups is 1. The maximum absolute atomic E-state index is 10.4. The van der Waals surface area contributed by atoms with Gasteiger partial charge in [0.15, 0.2) is 6.54 Å². The lowest BCUT2D eigenvalue weighted by molar-refractivity contribution is -0.685. The second-order valence-electron chi connectivity index (χ2n) is 3.78. The summed E-state index contributed by atoms with van der Waals surface area (Å²) in [4.78, 5) is 10.4. The molecule has 1 heterocycles. The van der Waals surface area contributed by atoms with Gasteiger partial charge in [-0.2, -0.15) is 0 Å². The summed E-state index contributed by atoms with van der Waals surface area (Å²) in [6.45, 7) is 3.21. The fourth-order valence-corrected chi connectivity index (χ4v) is 1.54. The monoisotopic (exact) mass is 211 g/mol. The van der Waals surface area contributed by atoms with E-state index in [4.69, 9.17) is 5.11 Å². The molecule has 4 heteroatoms. The van der Waals surface area contributed by atoms with Crippen molar-refractivity contribution in [1.82, 2.24) is 4.57 Å². The second kappa shape index (κ2) is 6.22. The number of nitrogens with zero attached hydrogens (tertiary/aromatic N) is 2. The molecule has 0 saturated carbocycles. The number of imidazole rings is 1. The molecule has 4 nitrogen and oxygen atoms in total. The van der Waals surface area contributed by atoms with Gasteiger partial charge in [0.25, 0.3) is 0 Å². The Morgan fingerprint density at radius 2 is 2.20 bits per heavy atom. The summed E-state index contributed by atoms with van der Waals surface area (Å²) >= 11 is 0. The van der Waals surface area contributed by atoms with E-state index < -0.39 is 5.97 Å². The summed E-state index contributed by atoms with van der Waals surface area (Å²) in [5.74, 6) is -0.802. The Bertz CT molecular complexity index is 307. The lowest BCUT2D eigenvalue weighted by Gasteiger charge is -1.95. The highest BCUT2D eigenvalue weighted by atomic mass is 16.4. The number of carboxylic acids is 1. The highest BCUT2D eigenvalue weighted by Crippen LogP contribution is 2.00. The van der Waals surface area contributed by atoms with Crippen LogP contribution in [-0.2, 0) is 17.9 Å². The summed E-state index contributed by atoms with van der Waals surface area (Å²) in [7, 11) is 0. The highest BCUT2D eigenvalue weighted by Gasteiger charge is 2.06. The Kier molecular flexibility index (Phi) is 4.87. The van der Waals surface area contributed by atoms with E-state index in [-0.39, 0.29) is 6.54 Å². The number of hydrogen-bond donors (Lipinski definition) is 1. The van der Waals surface area contributed by atoms with Crippen molar-refractivity contribution in [1.29, 1.82) is 0 Å². The molecule has 1 rings (SSSR count). The van der Waals surface area contributed by atoms with Crippen LogP contribution in [0.5, 0.6) is 0 Å².